The van der Waals surface area contributed by atoms with E-state index in [1.165, 1.54) is 31.3 Å². The fraction of sp³-hybridized carbons (Fsp3) is 0.889. The molecule has 230 valence electrons. The molecule has 0 bridgehead atoms. The number of ether oxygens (including phenoxy) is 1. The molecule has 0 aromatic carbocycles. The van der Waals surface area contributed by atoms with Crippen molar-refractivity contribution >= 4 is 11.9 Å². The number of esters is 1. The number of aliphatic carboxylic acids is 1. The summed E-state index contributed by atoms with van der Waals surface area (Å²) >= 11 is 0. The SMILES string of the molecule is CC1(C)CC[C@]2(C(=O)O)CC[C@]3(C)C(=CC[C@@H]4[C@@]5(C)CC[C@H](OC(=O)CN6CCCC6)C(C)(C)[C@@H]5CC[C@]43C)[C@@H]2C1. The highest BCUT2D eigenvalue weighted by molar-refractivity contribution is 5.76. The van der Waals surface area contributed by atoms with Gasteiger partial charge in [-0.15, -0.1) is 0 Å². The van der Waals surface area contributed by atoms with E-state index in [0.717, 1.165) is 64.5 Å². The Morgan fingerprint density at radius 1 is 0.902 bits per heavy atom. The van der Waals surface area contributed by atoms with Crippen LogP contribution in [-0.4, -0.2) is 47.7 Å². The van der Waals surface area contributed by atoms with Crippen molar-refractivity contribution < 1.29 is 19.4 Å². The molecule has 1 aliphatic heterocycles. The Kier molecular flexibility index (Phi) is 6.93. The molecule has 1 N–H and O–H groups in total. The molecule has 6 aliphatic rings. The molecule has 1 heterocycles. The first-order valence-corrected chi connectivity index (χ1v) is 16.9. The molecule has 5 aliphatic carbocycles. The van der Waals surface area contributed by atoms with Gasteiger partial charge in [-0.1, -0.05) is 60.1 Å². The number of carbonyl (C=O) groups is 2. The molecular formula is C36H57NO4. The number of carboxylic acids is 1. The van der Waals surface area contributed by atoms with Gasteiger partial charge >= 0.3 is 11.9 Å². The number of carboxylic acid groups (broad SMARTS) is 1. The summed E-state index contributed by atoms with van der Waals surface area (Å²) in [6.45, 7) is 19.6. The molecule has 0 radical (unpaired) electrons. The molecule has 4 saturated carbocycles. The van der Waals surface area contributed by atoms with Crippen LogP contribution in [0, 0.1) is 50.2 Å². The van der Waals surface area contributed by atoms with Gasteiger partial charge in [0.1, 0.15) is 6.10 Å². The molecular weight excluding hydrogens is 510 g/mol. The predicted molar refractivity (Wildman–Crippen MR) is 162 cm³/mol. The molecule has 0 aromatic rings. The molecule has 5 fully saturated rings. The Bertz CT molecular complexity index is 1120. The minimum atomic E-state index is -0.579. The maximum Gasteiger partial charge on any atom is 0.320 e. The van der Waals surface area contributed by atoms with Crippen molar-refractivity contribution in [1.29, 1.82) is 0 Å². The van der Waals surface area contributed by atoms with Crippen LogP contribution in [-0.2, 0) is 14.3 Å². The van der Waals surface area contributed by atoms with Crippen molar-refractivity contribution in [3.8, 4) is 0 Å². The Hall–Kier alpha value is -1.36. The van der Waals surface area contributed by atoms with Gasteiger partial charge in [0.15, 0.2) is 0 Å². The van der Waals surface area contributed by atoms with Crippen LogP contribution >= 0.6 is 0 Å². The number of hydrogen-bond acceptors (Lipinski definition) is 4. The largest absolute Gasteiger partial charge is 0.481 e. The first-order chi connectivity index (χ1) is 19.1. The molecule has 8 atom stereocenters. The average Bonchev–Trinajstić information content (AvgIpc) is 3.38. The zero-order valence-electron chi connectivity index (χ0n) is 27.1. The van der Waals surface area contributed by atoms with Crippen LogP contribution < -0.4 is 0 Å². The van der Waals surface area contributed by atoms with E-state index in [2.05, 4.69) is 59.4 Å². The standard InChI is InChI=1S/C36H57NO4/c1-31(2)16-18-36(30(39)40)19-17-34(6)24(25(36)22-31)10-11-27-33(5)14-13-28(41-29(38)23-37-20-8-9-21-37)32(3,4)26(33)12-15-35(27,34)7/h10,25-28H,8-9,11-23H2,1-7H3,(H,39,40)/t25-,26-,27+,28-,33-,34+,35+,36-/m0/s1. The van der Waals surface area contributed by atoms with Crippen LogP contribution in [0.15, 0.2) is 11.6 Å². The molecule has 0 unspecified atom stereocenters. The lowest BCUT2D eigenvalue weighted by atomic mass is 9.33. The van der Waals surface area contributed by atoms with Crippen LogP contribution in [0.5, 0.6) is 0 Å². The van der Waals surface area contributed by atoms with Crippen molar-refractivity contribution in [2.45, 2.75) is 132 Å². The molecule has 0 spiro atoms. The fourth-order valence-corrected chi connectivity index (χ4v) is 12.1. The minimum Gasteiger partial charge on any atom is -0.481 e. The van der Waals surface area contributed by atoms with Gasteiger partial charge in [0.25, 0.3) is 0 Å². The summed E-state index contributed by atoms with van der Waals surface area (Å²) in [5.74, 6) is 0.653. The van der Waals surface area contributed by atoms with Gasteiger partial charge in [-0.25, -0.2) is 0 Å². The van der Waals surface area contributed by atoms with E-state index in [1.807, 2.05) is 0 Å². The quantitative estimate of drug-likeness (QED) is 0.276. The average molecular weight is 568 g/mol. The number of likely N-dealkylation sites (tertiary alicyclic amines) is 1. The highest BCUT2D eigenvalue weighted by Gasteiger charge is 2.69. The molecule has 1 saturated heterocycles. The highest BCUT2D eigenvalue weighted by atomic mass is 16.5. The van der Waals surface area contributed by atoms with E-state index in [9.17, 15) is 14.7 Å². The van der Waals surface area contributed by atoms with Crippen molar-refractivity contribution in [1.82, 2.24) is 4.90 Å². The third-order valence-electron chi connectivity index (χ3n) is 14.8. The van der Waals surface area contributed by atoms with Crippen molar-refractivity contribution in [2.24, 2.45) is 50.2 Å². The van der Waals surface area contributed by atoms with Crippen LogP contribution in [0.1, 0.15) is 126 Å². The first-order valence-electron chi connectivity index (χ1n) is 16.9. The Labute approximate surface area is 249 Å². The summed E-state index contributed by atoms with van der Waals surface area (Å²) in [5, 5.41) is 10.6. The minimum absolute atomic E-state index is 0.0133. The topological polar surface area (TPSA) is 66.8 Å². The number of fused-ring (bicyclic) bond motifs is 7. The third-order valence-corrected chi connectivity index (χ3v) is 14.8. The van der Waals surface area contributed by atoms with Crippen LogP contribution in [0.25, 0.3) is 0 Å². The zero-order chi connectivity index (χ0) is 29.6. The normalized spacial score (nSPS) is 46.8. The van der Waals surface area contributed by atoms with Gasteiger partial charge in [0.2, 0.25) is 0 Å². The van der Waals surface area contributed by atoms with Crippen molar-refractivity contribution in [3.63, 3.8) is 0 Å². The van der Waals surface area contributed by atoms with E-state index < -0.39 is 11.4 Å². The van der Waals surface area contributed by atoms with E-state index >= 15 is 0 Å². The Morgan fingerprint density at radius 2 is 1.59 bits per heavy atom. The number of nitrogens with zero attached hydrogens (tertiary/aromatic N) is 1. The second kappa shape index (κ2) is 9.57. The van der Waals surface area contributed by atoms with Crippen LogP contribution in [0.2, 0.25) is 0 Å². The van der Waals surface area contributed by atoms with Gasteiger partial charge in [0.05, 0.1) is 12.0 Å². The third kappa shape index (κ3) is 4.24. The van der Waals surface area contributed by atoms with Gasteiger partial charge in [-0.3, -0.25) is 14.5 Å². The number of hydrogen-bond donors (Lipinski definition) is 1. The monoisotopic (exact) mass is 567 g/mol. The second-order valence-corrected chi connectivity index (χ2v) is 17.5. The number of carbonyl (C=O) groups excluding carboxylic acids is 1. The molecule has 0 amide bonds. The Balaban J connectivity index is 1.28. The lowest BCUT2D eigenvalue weighted by Gasteiger charge is -2.71. The summed E-state index contributed by atoms with van der Waals surface area (Å²) in [4.78, 5) is 28.2. The predicted octanol–water partition coefficient (Wildman–Crippen LogP) is 7.88. The highest BCUT2D eigenvalue weighted by Crippen LogP contribution is 2.75. The van der Waals surface area contributed by atoms with E-state index in [4.69, 9.17) is 4.74 Å². The molecule has 5 heteroatoms. The van der Waals surface area contributed by atoms with Gasteiger partial charge in [-0.05, 0) is 130 Å². The van der Waals surface area contributed by atoms with Crippen LogP contribution in [0.4, 0.5) is 0 Å². The molecule has 41 heavy (non-hydrogen) atoms. The first kappa shape index (κ1) is 29.7. The molecule has 5 nitrogen and oxygen atoms in total. The second-order valence-electron chi connectivity index (χ2n) is 17.5. The summed E-state index contributed by atoms with van der Waals surface area (Å²) < 4.78 is 6.29. The number of rotatable bonds is 4. The lowest BCUT2D eigenvalue weighted by molar-refractivity contribution is -0.214. The lowest BCUT2D eigenvalue weighted by Crippen LogP contribution is -2.65. The van der Waals surface area contributed by atoms with Crippen molar-refractivity contribution in [3.05, 3.63) is 11.6 Å². The van der Waals surface area contributed by atoms with Crippen molar-refractivity contribution in [2.75, 3.05) is 19.6 Å². The van der Waals surface area contributed by atoms with Gasteiger partial charge in [0, 0.05) is 5.41 Å². The summed E-state index contributed by atoms with van der Waals surface area (Å²) in [6, 6.07) is 0. The van der Waals surface area contributed by atoms with E-state index in [1.54, 1.807) is 0 Å². The smallest absolute Gasteiger partial charge is 0.320 e. The maximum atomic E-state index is 13.0. The molecule has 6 rings (SSSR count). The van der Waals surface area contributed by atoms with Gasteiger partial charge < -0.3 is 9.84 Å². The van der Waals surface area contributed by atoms with E-state index in [0.29, 0.717) is 18.4 Å². The summed E-state index contributed by atoms with van der Waals surface area (Å²) in [7, 11) is 0. The Morgan fingerprint density at radius 3 is 2.27 bits per heavy atom. The van der Waals surface area contributed by atoms with E-state index in [-0.39, 0.29) is 45.1 Å². The van der Waals surface area contributed by atoms with Crippen LogP contribution in [0.3, 0.4) is 0 Å². The van der Waals surface area contributed by atoms with Gasteiger partial charge in [-0.2, -0.15) is 0 Å². The maximum absolute atomic E-state index is 13.0. The summed E-state index contributed by atoms with van der Waals surface area (Å²) in [6.07, 6.45) is 15.0. The fourth-order valence-electron chi connectivity index (χ4n) is 12.1. The molecule has 0 aromatic heterocycles. The zero-order valence-corrected chi connectivity index (χ0v) is 27.1. The number of allylic oxidation sites excluding steroid dienone is 2. The summed E-state index contributed by atoms with van der Waals surface area (Å²) in [5.41, 5.74) is 1.45.